The Labute approximate surface area is 159 Å². The van der Waals surface area contributed by atoms with Crippen molar-refractivity contribution in [3.05, 3.63) is 53.1 Å². The molecule has 0 bridgehead atoms. The summed E-state index contributed by atoms with van der Waals surface area (Å²) in [6, 6.07) is 12.9. The maximum atomic E-state index is 6.22. The molecule has 136 valence electrons. The largest absolute Gasteiger partial charge is 0.494 e. The van der Waals surface area contributed by atoms with Crippen molar-refractivity contribution in [3.63, 3.8) is 0 Å². The molecule has 2 aromatic carbocycles. The first kappa shape index (κ1) is 17.0. The van der Waals surface area contributed by atoms with E-state index in [2.05, 4.69) is 20.5 Å². The molecule has 2 heterocycles. The number of halogens is 1. The lowest BCUT2D eigenvalue weighted by atomic mass is 10.1. The van der Waals surface area contributed by atoms with Crippen LogP contribution in [0.2, 0.25) is 5.02 Å². The number of methoxy groups -OCH3 is 1. The van der Waals surface area contributed by atoms with Crippen LogP contribution in [0.15, 0.2) is 47.0 Å². The van der Waals surface area contributed by atoms with Crippen LogP contribution in [-0.2, 0) is 0 Å². The third-order valence-electron chi connectivity index (χ3n) is 4.01. The Morgan fingerprint density at radius 3 is 2.67 bits per heavy atom. The van der Waals surface area contributed by atoms with Crippen LogP contribution in [0.25, 0.3) is 28.7 Å². The topological polar surface area (TPSA) is 105 Å². The number of nitrogens with zero attached hydrogens (tertiary/aromatic N) is 5. The van der Waals surface area contributed by atoms with Crippen LogP contribution >= 0.6 is 11.6 Å². The number of anilines is 1. The summed E-state index contributed by atoms with van der Waals surface area (Å²) in [6.07, 6.45) is 0. The number of benzene rings is 2. The van der Waals surface area contributed by atoms with Crippen LogP contribution in [0, 0.1) is 6.92 Å². The predicted molar refractivity (Wildman–Crippen MR) is 101 cm³/mol. The molecule has 0 atom stereocenters. The standard InChI is InChI=1S/C18H15ClN6O2/c1-10-3-5-11(6-4-10)17-21-18(27-23-17)15-16(20)25(24-22-15)13-9-12(19)7-8-14(13)26-2/h3-9H,20H2,1-2H3. The molecule has 0 aliphatic heterocycles. The molecule has 0 aliphatic carbocycles. The predicted octanol–water partition coefficient (Wildman–Crippen LogP) is 3.54. The fraction of sp³-hybridized carbons (Fsp3) is 0.111. The summed E-state index contributed by atoms with van der Waals surface area (Å²) in [4.78, 5) is 4.38. The number of nitrogens with two attached hydrogens (primary N) is 1. The molecule has 27 heavy (non-hydrogen) atoms. The Balaban J connectivity index is 1.73. The van der Waals surface area contributed by atoms with Gasteiger partial charge in [-0.1, -0.05) is 51.8 Å². The molecule has 4 aromatic rings. The Kier molecular flexibility index (Phi) is 4.25. The van der Waals surface area contributed by atoms with E-state index in [0.29, 0.717) is 22.3 Å². The van der Waals surface area contributed by atoms with Crippen molar-refractivity contribution in [1.29, 1.82) is 0 Å². The fourth-order valence-electron chi connectivity index (χ4n) is 2.59. The van der Waals surface area contributed by atoms with Crippen molar-refractivity contribution < 1.29 is 9.26 Å². The van der Waals surface area contributed by atoms with E-state index in [1.165, 1.54) is 4.68 Å². The van der Waals surface area contributed by atoms with Crippen molar-refractivity contribution in [1.82, 2.24) is 25.1 Å². The molecule has 8 nitrogen and oxygen atoms in total. The van der Waals surface area contributed by atoms with Gasteiger partial charge in [-0.2, -0.15) is 9.67 Å². The first-order chi connectivity index (χ1) is 13.1. The van der Waals surface area contributed by atoms with E-state index in [9.17, 15) is 0 Å². The minimum Gasteiger partial charge on any atom is -0.494 e. The highest BCUT2D eigenvalue weighted by Crippen LogP contribution is 2.31. The molecule has 0 radical (unpaired) electrons. The summed E-state index contributed by atoms with van der Waals surface area (Å²) < 4.78 is 12.1. The van der Waals surface area contributed by atoms with E-state index in [1.807, 2.05) is 31.2 Å². The molecule has 0 amide bonds. The molecule has 2 aromatic heterocycles. The van der Waals surface area contributed by atoms with Gasteiger partial charge in [0, 0.05) is 10.6 Å². The Morgan fingerprint density at radius 2 is 1.93 bits per heavy atom. The van der Waals surface area contributed by atoms with Gasteiger partial charge < -0.3 is 15.0 Å². The molecule has 4 rings (SSSR count). The van der Waals surface area contributed by atoms with Gasteiger partial charge in [0.2, 0.25) is 5.82 Å². The van der Waals surface area contributed by atoms with E-state index < -0.39 is 0 Å². The van der Waals surface area contributed by atoms with Crippen molar-refractivity contribution in [3.8, 4) is 34.4 Å². The summed E-state index contributed by atoms with van der Waals surface area (Å²) in [6.45, 7) is 2.01. The summed E-state index contributed by atoms with van der Waals surface area (Å²) >= 11 is 6.08. The number of hydrogen-bond acceptors (Lipinski definition) is 7. The summed E-state index contributed by atoms with van der Waals surface area (Å²) in [5.74, 6) is 1.40. The second-order valence-corrected chi connectivity index (χ2v) is 6.28. The van der Waals surface area contributed by atoms with Crippen LogP contribution in [0.1, 0.15) is 5.56 Å². The van der Waals surface area contributed by atoms with Crippen LogP contribution in [0.4, 0.5) is 5.82 Å². The number of rotatable bonds is 4. The normalized spacial score (nSPS) is 10.9. The minimum absolute atomic E-state index is 0.176. The van der Waals surface area contributed by atoms with Gasteiger partial charge in [0.1, 0.15) is 11.4 Å². The zero-order chi connectivity index (χ0) is 19.0. The molecule has 0 spiro atoms. The lowest BCUT2D eigenvalue weighted by Gasteiger charge is -2.09. The zero-order valence-corrected chi connectivity index (χ0v) is 15.3. The second kappa shape index (κ2) is 6.73. The molecular weight excluding hydrogens is 368 g/mol. The van der Waals surface area contributed by atoms with Crippen LogP contribution < -0.4 is 10.5 Å². The van der Waals surface area contributed by atoms with Crippen molar-refractivity contribution in [2.24, 2.45) is 0 Å². The van der Waals surface area contributed by atoms with Gasteiger partial charge in [0.05, 0.1) is 7.11 Å². The van der Waals surface area contributed by atoms with E-state index in [1.54, 1.807) is 25.3 Å². The molecular formula is C18H15ClN6O2. The maximum Gasteiger partial charge on any atom is 0.282 e. The SMILES string of the molecule is COc1ccc(Cl)cc1-n1nnc(-c2nc(-c3ccc(C)cc3)no2)c1N. The van der Waals surface area contributed by atoms with Gasteiger partial charge in [0.15, 0.2) is 11.5 Å². The number of ether oxygens (including phenoxy) is 1. The van der Waals surface area contributed by atoms with E-state index in [4.69, 9.17) is 26.6 Å². The van der Waals surface area contributed by atoms with Crippen molar-refractivity contribution in [2.45, 2.75) is 6.92 Å². The lowest BCUT2D eigenvalue weighted by Crippen LogP contribution is -2.04. The van der Waals surface area contributed by atoms with Gasteiger partial charge >= 0.3 is 0 Å². The molecule has 0 saturated heterocycles. The number of nitrogen functional groups attached to an aromatic ring is 1. The van der Waals surface area contributed by atoms with E-state index >= 15 is 0 Å². The van der Waals surface area contributed by atoms with E-state index in [-0.39, 0.29) is 17.4 Å². The fourth-order valence-corrected chi connectivity index (χ4v) is 2.75. The monoisotopic (exact) mass is 382 g/mol. The Morgan fingerprint density at radius 1 is 1.15 bits per heavy atom. The Bertz CT molecular complexity index is 1100. The molecule has 2 N–H and O–H groups in total. The summed E-state index contributed by atoms with van der Waals surface area (Å²) in [5, 5.41) is 12.7. The second-order valence-electron chi connectivity index (χ2n) is 5.84. The van der Waals surface area contributed by atoms with Crippen molar-refractivity contribution >= 4 is 17.4 Å². The summed E-state index contributed by atoms with van der Waals surface area (Å²) in [7, 11) is 1.55. The average molecular weight is 383 g/mol. The highest BCUT2D eigenvalue weighted by molar-refractivity contribution is 6.30. The van der Waals surface area contributed by atoms with Gasteiger partial charge in [-0.25, -0.2) is 0 Å². The van der Waals surface area contributed by atoms with Gasteiger partial charge in [-0.15, -0.1) is 5.10 Å². The van der Waals surface area contributed by atoms with Crippen LogP contribution in [0.5, 0.6) is 5.75 Å². The molecule has 0 saturated carbocycles. The first-order valence-electron chi connectivity index (χ1n) is 8.03. The number of aryl methyl sites for hydroxylation is 1. The van der Waals surface area contributed by atoms with Gasteiger partial charge in [-0.3, -0.25) is 0 Å². The molecule has 0 unspecified atom stereocenters. The number of hydrogen-bond donors (Lipinski definition) is 1. The highest BCUT2D eigenvalue weighted by atomic mass is 35.5. The van der Waals surface area contributed by atoms with E-state index in [0.717, 1.165) is 11.1 Å². The quantitative estimate of drug-likeness (QED) is 0.575. The smallest absolute Gasteiger partial charge is 0.282 e. The molecule has 0 fully saturated rings. The average Bonchev–Trinajstić information content (AvgIpc) is 3.29. The van der Waals surface area contributed by atoms with Crippen molar-refractivity contribution in [2.75, 3.05) is 12.8 Å². The minimum atomic E-state index is 0.176. The maximum absolute atomic E-state index is 6.22. The third kappa shape index (κ3) is 3.11. The lowest BCUT2D eigenvalue weighted by molar-refractivity contribution is 0.411. The third-order valence-corrected chi connectivity index (χ3v) is 4.25. The zero-order valence-electron chi connectivity index (χ0n) is 14.5. The highest BCUT2D eigenvalue weighted by Gasteiger charge is 2.21. The number of aromatic nitrogens is 5. The molecule has 9 heteroatoms. The summed E-state index contributed by atoms with van der Waals surface area (Å²) in [5.41, 5.74) is 9.03. The first-order valence-corrected chi connectivity index (χ1v) is 8.41. The van der Waals surface area contributed by atoms with Crippen LogP contribution in [-0.4, -0.2) is 32.2 Å². The van der Waals surface area contributed by atoms with Gasteiger partial charge in [0.25, 0.3) is 5.89 Å². The van der Waals surface area contributed by atoms with Gasteiger partial charge in [-0.05, 0) is 25.1 Å². The molecule has 0 aliphatic rings. The Hall–Kier alpha value is -3.39. The van der Waals surface area contributed by atoms with Crippen LogP contribution in [0.3, 0.4) is 0 Å².